The summed E-state index contributed by atoms with van der Waals surface area (Å²) in [4.78, 5) is 24.1. The molecule has 0 bridgehead atoms. The predicted molar refractivity (Wildman–Crippen MR) is 63.9 cm³/mol. The number of carbonyl (C=O) groups excluding carboxylic acids is 2. The fourth-order valence-electron chi connectivity index (χ4n) is 1.68. The number of nitrogens with zero attached hydrogens (tertiary/aromatic N) is 1. The van der Waals surface area contributed by atoms with Crippen molar-refractivity contribution in [3.05, 3.63) is 0 Å². The van der Waals surface area contributed by atoms with Crippen molar-refractivity contribution < 1.29 is 27.5 Å². The van der Waals surface area contributed by atoms with Crippen LogP contribution in [0, 0.1) is 0 Å². The van der Waals surface area contributed by atoms with Gasteiger partial charge in [-0.2, -0.15) is 13.2 Å². The molecule has 0 spiro atoms. The molecule has 0 aromatic rings. The van der Waals surface area contributed by atoms with Gasteiger partial charge in [0.25, 0.3) is 0 Å². The van der Waals surface area contributed by atoms with E-state index in [1.165, 1.54) is 7.05 Å². The van der Waals surface area contributed by atoms with Gasteiger partial charge < -0.3 is 20.3 Å². The molecule has 6 nitrogen and oxygen atoms in total. The maximum absolute atomic E-state index is 11.9. The maximum atomic E-state index is 11.9. The summed E-state index contributed by atoms with van der Waals surface area (Å²) in [6, 6.07) is -0.128. The van der Waals surface area contributed by atoms with E-state index in [2.05, 4.69) is 5.32 Å². The number of alkyl halides is 3. The summed E-state index contributed by atoms with van der Waals surface area (Å²) >= 11 is 0. The molecule has 1 atom stereocenters. The third-order valence-corrected chi connectivity index (χ3v) is 2.71. The van der Waals surface area contributed by atoms with Crippen molar-refractivity contribution >= 4 is 11.8 Å². The van der Waals surface area contributed by atoms with E-state index < -0.39 is 25.2 Å². The molecule has 116 valence electrons. The summed E-state index contributed by atoms with van der Waals surface area (Å²) in [6.07, 6.45) is -4.31. The summed E-state index contributed by atoms with van der Waals surface area (Å²) in [5, 5.41) is 4.80. The highest BCUT2D eigenvalue weighted by atomic mass is 19.4. The SMILES string of the molecule is CN(CC(=O)NCC(F)(F)F)C(=O)CC1COCCN1. The quantitative estimate of drug-likeness (QED) is 0.718. The number of hydrogen-bond donors (Lipinski definition) is 2. The summed E-state index contributed by atoms with van der Waals surface area (Å²) < 4.78 is 40.9. The van der Waals surface area contributed by atoms with E-state index >= 15 is 0 Å². The lowest BCUT2D eigenvalue weighted by atomic mass is 10.2. The summed E-state index contributed by atoms with van der Waals surface area (Å²) in [5.41, 5.74) is 0. The highest BCUT2D eigenvalue weighted by molar-refractivity contribution is 5.84. The van der Waals surface area contributed by atoms with Gasteiger partial charge in [-0.1, -0.05) is 0 Å². The summed E-state index contributed by atoms with van der Waals surface area (Å²) in [5.74, 6) is -1.17. The Morgan fingerprint density at radius 3 is 2.70 bits per heavy atom. The first-order valence-corrected chi connectivity index (χ1v) is 6.16. The molecule has 20 heavy (non-hydrogen) atoms. The molecule has 9 heteroatoms. The third kappa shape index (κ3) is 6.71. The maximum Gasteiger partial charge on any atom is 0.405 e. The Kier molecular flexibility index (Phi) is 6.21. The lowest BCUT2D eigenvalue weighted by molar-refractivity contribution is -0.141. The van der Waals surface area contributed by atoms with E-state index in [1.54, 1.807) is 5.32 Å². The van der Waals surface area contributed by atoms with E-state index in [4.69, 9.17) is 4.74 Å². The molecule has 1 fully saturated rings. The minimum absolute atomic E-state index is 0.128. The predicted octanol–water partition coefficient (Wildman–Crippen LogP) is -0.498. The van der Waals surface area contributed by atoms with Gasteiger partial charge in [-0.15, -0.1) is 0 Å². The number of amides is 2. The Labute approximate surface area is 114 Å². The van der Waals surface area contributed by atoms with Gasteiger partial charge in [0.1, 0.15) is 6.54 Å². The molecule has 0 radical (unpaired) electrons. The van der Waals surface area contributed by atoms with E-state index in [0.29, 0.717) is 19.8 Å². The second-order valence-corrected chi connectivity index (χ2v) is 4.57. The van der Waals surface area contributed by atoms with E-state index in [9.17, 15) is 22.8 Å². The molecule has 0 aromatic heterocycles. The summed E-state index contributed by atoms with van der Waals surface area (Å²) in [7, 11) is 1.37. The first-order valence-electron chi connectivity index (χ1n) is 6.16. The Hall–Kier alpha value is -1.35. The number of nitrogens with one attached hydrogen (secondary N) is 2. The number of rotatable bonds is 5. The van der Waals surface area contributed by atoms with Crippen molar-refractivity contribution in [2.75, 3.05) is 39.9 Å². The zero-order valence-corrected chi connectivity index (χ0v) is 11.1. The van der Waals surface area contributed by atoms with Crippen LogP contribution in [0.25, 0.3) is 0 Å². The second-order valence-electron chi connectivity index (χ2n) is 4.57. The Morgan fingerprint density at radius 2 is 2.15 bits per heavy atom. The minimum atomic E-state index is -4.46. The number of morpholine rings is 1. The van der Waals surface area contributed by atoms with Crippen LogP contribution in [-0.2, 0) is 14.3 Å². The Bertz CT molecular complexity index is 344. The van der Waals surface area contributed by atoms with Crippen molar-refractivity contribution in [2.45, 2.75) is 18.6 Å². The molecule has 1 heterocycles. The third-order valence-electron chi connectivity index (χ3n) is 2.71. The van der Waals surface area contributed by atoms with Gasteiger partial charge in [0.2, 0.25) is 11.8 Å². The number of ether oxygens (including phenoxy) is 1. The molecule has 1 rings (SSSR count). The molecule has 2 amide bonds. The van der Waals surface area contributed by atoms with Gasteiger partial charge in [-0.25, -0.2) is 0 Å². The van der Waals surface area contributed by atoms with Crippen molar-refractivity contribution in [1.82, 2.24) is 15.5 Å². The van der Waals surface area contributed by atoms with Gasteiger partial charge >= 0.3 is 6.18 Å². The molecule has 1 aliphatic rings. The molecular weight excluding hydrogens is 279 g/mol. The van der Waals surface area contributed by atoms with Gasteiger partial charge in [-0.05, 0) is 0 Å². The highest BCUT2D eigenvalue weighted by Gasteiger charge is 2.28. The number of carbonyl (C=O) groups is 2. The molecule has 2 N–H and O–H groups in total. The van der Waals surface area contributed by atoms with Crippen LogP contribution in [0.5, 0.6) is 0 Å². The highest BCUT2D eigenvalue weighted by Crippen LogP contribution is 2.12. The standard InChI is InChI=1S/C11H18F3N3O3/c1-17(5-9(18)16-7-11(12,13)14)10(19)4-8-6-20-3-2-15-8/h8,15H,2-7H2,1H3,(H,16,18). The van der Waals surface area contributed by atoms with Crippen LogP contribution in [-0.4, -0.2) is 68.8 Å². The lowest BCUT2D eigenvalue weighted by Gasteiger charge is -2.25. The number of likely N-dealkylation sites (N-methyl/N-ethyl adjacent to an activating group) is 1. The lowest BCUT2D eigenvalue weighted by Crippen LogP contribution is -2.46. The van der Waals surface area contributed by atoms with E-state index in [0.717, 1.165) is 4.90 Å². The van der Waals surface area contributed by atoms with Crippen molar-refractivity contribution in [3.8, 4) is 0 Å². The zero-order valence-electron chi connectivity index (χ0n) is 11.1. The fourth-order valence-corrected chi connectivity index (χ4v) is 1.68. The second kappa shape index (κ2) is 7.44. The molecule has 1 aliphatic heterocycles. The first-order chi connectivity index (χ1) is 9.28. The monoisotopic (exact) mass is 297 g/mol. The van der Waals surface area contributed by atoms with Crippen LogP contribution in [0.15, 0.2) is 0 Å². The largest absolute Gasteiger partial charge is 0.405 e. The molecular formula is C11H18F3N3O3. The summed E-state index contributed by atoms with van der Waals surface area (Å²) in [6.45, 7) is -0.164. The normalized spacial score (nSPS) is 19.5. The van der Waals surface area contributed by atoms with Crippen LogP contribution < -0.4 is 10.6 Å². The topological polar surface area (TPSA) is 70.7 Å². The van der Waals surface area contributed by atoms with Crippen LogP contribution in [0.2, 0.25) is 0 Å². The average molecular weight is 297 g/mol. The van der Waals surface area contributed by atoms with Crippen molar-refractivity contribution in [2.24, 2.45) is 0 Å². The average Bonchev–Trinajstić information content (AvgIpc) is 2.36. The fraction of sp³-hybridized carbons (Fsp3) is 0.818. The van der Waals surface area contributed by atoms with Gasteiger partial charge in [-0.3, -0.25) is 9.59 Å². The smallest absolute Gasteiger partial charge is 0.378 e. The Morgan fingerprint density at radius 1 is 1.45 bits per heavy atom. The first kappa shape index (κ1) is 16.7. The van der Waals surface area contributed by atoms with Crippen LogP contribution in [0.3, 0.4) is 0 Å². The van der Waals surface area contributed by atoms with Crippen LogP contribution in [0.1, 0.15) is 6.42 Å². The van der Waals surface area contributed by atoms with Crippen LogP contribution in [0.4, 0.5) is 13.2 Å². The van der Waals surface area contributed by atoms with Crippen molar-refractivity contribution in [3.63, 3.8) is 0 Å². The van der Waals surface area contributed by atoms with Crippen molar-refractivity contribution in [1.29, 1.82) is 0 Å². The molecule has 1 unspecified atom stereocenters. The van der Waals surface area contributed by atoms with Gasteiger partial charge in [0, 0.05) is 26.1 Å². The Balaban J connectivity index is 2.28. The van der Waals surface area contributed by atoms with Crippen LogP contribution >= 0.6 is 0 Å². The molecule has 0 aromatic carbocycles. The minimum Gasteiger partial charge on any atom is -0.378 e. The molecule has 0 saturated carbocycles. The van der Waals surface area contributed by atoms with E-state index in [1.807, 2.05) is 0 Å². The van der Waals surface area contributed by atoms with Gasteiger partial charge in [0.05, 0.1) is 19.8 Å². The number of halogens is 3. The van der Waals surface area contributed by atoms with E-state index in [-0.39, 0.29) is 18.4 Å². The molecule has 1 saturated heterocycles. The zero-order chi connectivity index (χ0) is 15.2. The number of hydrogen-bond acceptors (Lipinski definition) is 4. The van der Waals surface area contributed by atoms with Gasteiger partial charge in [0.15, 0.2) is 0 Å². The molecule has 0 aliphatic carbocycles.